The van der Waals surface area contributed by atoms with E-state index in [1.54, 1.807) is 9.80 Å². The van der Waals surface area contributed by atoms with E-state index < -0.39 is 18.6 Å². The Hall–Kier alpha value is -0.820. The van der Waals surface area contributed by atoms with Gasteiger partial charge in [0.25, 0.3) is 0 Å². The molecule has 0 aliphatic carbocycles. The van der Waals surface area contributed by atoms with Crippen LogP contribution in [-0.4, -0.2) is 66.3 Å². The maximum atomic E-state index is 11.9. The van der Waals surface area contributed by atoms with E-state index in [9.17, 15) is 18.0 Å². The molecule has 0 unspecified atom stereocenters. The third kappa shape index (κ3) is 5.32. The number of halogens is 3. The molecule has 0 aromatic heterocycles. The van der Waals surface area contributed by atoms with Gasteiger partial charge in [-0.1, -0.05) is 0 Å². The van der Waals surface area contributed by atoms with Crippen LogP contribution in [0.2, 0.25) is 0 Å². The molecule has 1 N–H and O–H groups in total. The molecule has 1 heterocycles. The highest BCUT2D eigenvalue weighted by Gasteiger charge is 2.28. The maximum absolute atomic E-state index is 11.9. The van der Waals surface area contributed by atoms with Crippen LogP contribution >= 0.6 is 0 Å². The van der Waals surface area contributed by atoms with Gasteiger partial charge in [-0.2, -0.15) is 13.2 Å². The van der Waals surface area contributed by atoms with Crippen LogP contribution in [0, 0.1) is 0 Å². The number of aliphatic carboxylic acids is 1. The van der Waals surface area contributed by atoms with Crippen molar-refractivity contribution in [2.24, 2.45) is 0 Å². The number of piperazine rings is 1. The molecule has 16 heavy (non-hydrogen) atoms. The minimum Gasteiger partial charge on any atom is -0.480 e. The normalized spacial score (nSPS) is 19.9. The third-order valence-corrected chi connectivity index (χ3v) is 2.54. The first-order valence-corrected chi connectivity index (χ1v) is 5.10. The van der Waals surface area contributed by atoms with Gasteiger partial charge in [-0.25, -0.2) is 0 Å². The summed E-state index contributed by atoms with van der Waals surface area (Å²) in [5.41, 5.74) is 0. The predicted molar refractivity (Wildman–Crippen MR) is 51.2 cm³/mol. The zero-order chi connectivity index (χ0) is 12.2. The lowest BCUT2D eigenvalue weighted by molar-refractivity contribution is -0.140. The van der Waals surface area contributed by atoms with E-state index in [1.165, 1.54) is 0 Å². The summed E-state index contributed by atoms with van der Waals surface area (Å²) in [6.07, 6.45) is -4.91. The molecule has 1 aliphatic rings. The molecule has 1 fully saturated rings. The van der Waals surface area contributed by atoms with Crippen LogP contribution in [0.25, 0.3) is 0 Å². The average molecular weight is 240 g/mol. The first kappa shape index (κ1) is 13.2. The first-order valence-electron chi connectivity index (χ1n) is 5.10. The van der Waals surface area contributed by atoms with Gasteiger partial charge in [0.05, 0.1) is 13.0 Å². The Morgan fingerprint density at radius 2 is 1.62 bits per heavy atom. The fourth-order valence-corrected chi connectivity index (χ4v) is 1.65. The molecule has 0 spiro atoms. The molecule has 0 radical (unpaired) electrons. The molecule has 4 nitrogen and oxygen atoms in total. The van der Waals surface area contributed by atoms with Gasteiger partial charge in [0.1, 0.15) is 0 Å². The fourth-order valence-electron chi connectivity index (χ4n) is 1.65. The Morgan fingerprint density at radius 1 is 1.12 bits per heavy atom. The van der Waals surface area contributed by atoms with E-state index in [0.29, 0.717) is 26.2 Å². The summed E-state index contributed by atoms with van der Waals surface area (Å²) in [6.45, 7) is 2.01. The summed E-state index contributed by atoms with van der Waals surface area (Å²) in [4.78, 5) is 13.8. The van der Waals surface area contributed by atoms with Gasteiger partial charge in [0, 0.05) is 32.7 Å². The van der Waals surface area contributed by atoms with Crippen molar-refractivity contribution in [1.82, 2.24) is 9.80 Å². The lowest BCUT2D eigenvalue weighted by Gasteiger charge is -2.33. The lowest BCUT2D eigenvalue weighted by Crippen LogP contribution is -2.48. The van der Waals surface area contributed by atoms with Crippen molar-refractivity contribution in [3.8, 4) is 0 Å². The number of carbonyl (C=O) groups is 1. The molecule has 94 valence electrons. The van der Waals surface area contributed by atoms with Crippen molar-refractivity contribution in [2.75, 3.05) is 39.3 Å². The van der Waals surface area contributed by atoms with Gasteiger partial charge in [-0.15, -0.1) is 0 Å². The van der Waals surface area contributed by atoms with Gasteiger partial charge in [0.15, 0.2) is 0 Å². The fraction of sp³-hybridized carbons (Fsp3) is 0.889. The summed E-state index contributed by atoms with van der Waals surface area (Å²) in [7, 11) is 0. The molecule has 0 bridgehead atoms. The minimum atomic E-state index is -4.11. The Labute approximate surface area is 91.6 Å². The van der Waals surface area contributed by atoms with Crippen LogP contribution in [0.4, 0.5) is 13.2 Å². The van der Waals surface area contributed by atoms with E-state index in [-0.39, 0.29) is 13.1 Å². The second kappa shape index (κ2) is 5.49. The summed E-state index contributed by atoms with van der Waals surface area (Å²) < 4.78 is 35.8. The number of hydrogen-bond acceptors (Lipinski definition) is 3. The molecule has 0 saturated carbocycles. The minimum absolute atomic E-state index is 0.00438. The third-order valence-electron chi connectivity index (χ3n) is 2.54. The SMILES string of the molecule is O=C(O)CN1CCN(CCC(F)(F)F)CC1. The van der Waals surface area contributed by atoms with Crippen molar-refractivity contribution in [1.29, 1.82) is 0 Å². The van der Waals surface area contributed by atoms with Crippen molar-refractivity contribution >= 4 is 5.97 Å². The second-order valence-corrected chi connectivity index (χ2v) is 3.88. The summed E-state index contributed by atoms with van der Waals surface area (Å²) in [5, 5.41) is 8.54. The van der Waals surface area contributed by atoms with Gasteiger partial charge in [-0.05, 0) is 0 Å². The van der Waals surface area contributed by atoms with Crippen molar-refractivity contribution in [3.63, 3.8) is 0 Å². The average Bonchev–Trinajstić information content (AvgIpc) is 2.14. The summed E-state index contributed by atoms with van der Waals surface area (Å²) >= 11 is 0. The first-order chi connectivity index (χ1) is 7.37. The van der Waals surface area contributed by atoms with Crippen LogP contribution in [0.1, 0.15) is 6.42 Å². The zero-order valence-electron chi connectivity index (χ0n) is 8.83. The Balaban J connectivity index is 2.19. The van der Waals surface area contributed by atoms with Gasteiger partial charge >= 0.3 is 12.1 Å². The van der Waals surface area contributed by atoms with E-state index in [0.717, 1.165) is 0 Å². The molecular formula is C9H15F3N2O2. The van der Waals surface area contributed by atoms with Gasteiger partial charge < -0.3 is 10.0 Å². The number of carboxylic acids is 1. The lowest BCUT2D eigenvalue weighted by atomic mass is 10.3. The van der Waals surface area contributed by atoms with Crippen molar-refractivity contribution in [2.45, 2.75) is 12.6 Å². The van der Waals surface area contributed by atoms with Gasteiger partial charge in [0.2, 0.25) is 0 Å². The molecule has 0 aromatic rings. The number of hydrogen-bond donors (Lipinski definition) is 1. The molecular weight excluding hydrogens is 225 g/mol. The maximum Gasteiger partial charge on any atom is 0.390 e. The summed E-state index contributed by atoms with van der Waals surface area (Å²) in [5.74, 6) is -0.899. The molecule has 0 aromatic carbocycles. The van der Waals surface area contributed by atoms with Crippen LogP contribution in [0.15, 0.2) is 0 Å². The highest BCUT2D eigenvalue weighted by atomic mass is 19.4. The smallest absolute Gasteiger partial charge is 0.390 e. The van der Waals surface area contributed by atoms with Crippen LogP contribution < -0.4 is 0 Å². The highest BCUT2D eigenvalue weighted by Crippen LogP contribution is 2.20. The van der Waals surface area contributed by atoms with Crippen molar-refractivity contribution < 1.29 is 23.1 Å². The molecule has 1 rings (SSSR count). The molecule has 0 amide bonds. The number of carboxylic acid groups (broad SMARTS) is 1. The topological polar surface area (TPSA) is 43.8 Å². The molecule has 7 heteroatoms. The Kier molecular flexibility index (Phi) is 4.55. The number of alkyl halides is 3. The molecule has 1 aliphatic heterocycles. The summed E-state index contributed by atoms with van der Waals surface area (Å²) in [6, 6.07) is 0. The van der Waals surface area contributed by atoms with Gasteiger partial charge in [-0.3, -0.25) is 9.69 Å². The number of rotatable bonds is 4. The van der Waals surface area contributed by atoms with E-state index >= 15 is 0 Å². The van der Waals surface area contributed by atoms with Crippen LogP contribution in [-0.2, 0) is 4.79 Å². The zero-order valence-corrected chi connectivity index (χ0v) is 8.83. The standard InChI is InChI=1S/C9H15F3N2O2/c10-9(11,12)1-2-13-3-5-14(6-4-13)7-8(15)16/h1-7H2,(H,15,16). The predicted octanol–water partition coefficient (Wildman–Crippen LogP) is 0.641. The quantitative estimate of drug-likeness (QED) is 0.783. The van der Waals surface area contributed by atoms with Crippen molar-refractivity contribution in [3.05, 3.63) is 0 Å². The van der Waals surface area contributed by atoms with E-state index in [1.807, 2.05) is 0 Å². The van der Waals surface area contributed by atoms with Crippen LogP contribution in [0.5, 0.6) is 0 Å². The Bertz CT molecular complexity index is 237. The van der Waals surface area contributed by atoms with E-state index in [2.05, 4.69) is 0 Å². The highest BCUT2D eigenvalue weighted by molar-refractivity contribution is 5.69. The van der Waals surface area contributed by atoms with E-state index in [4.69, 9.17) is 5.11 Å². The second-order valence-electron chi connectivity index (χ2n) is 3.88. The largest absolute Gasteiger partial charge is 0.480 e. The van der Waals surface area contributed by atoms with Crippen LogP contribution in [0.3, 0.4) is 0 Å². The Morgan fingerprint density at radius 3 is 2.06 bits per heavy atom. The molecule has 1 saturated heterocycles. The number of nitrogens with zero attached hydrogens (tertiary/aromatic N) is 2. The molecule has 0 atom stereocenters. The monoisotopic (exact) mass is 240 g/mol.